The highest BCUT2D eigenvalue weighted by Gasteiger charge is 2.50. The Morgan fingerprint density at radius 2 is 1.81 bits per heavy atom. The Hall–Kier alpha value is -2.56. The van der Waals surface area contributed by atoms with Gasteiger partial charge in [-0.15, -0.1) is 0 Å². The molecule has 2 amide bonds. The molecule has 2 aromatic carbocycles. The van der Waals surface area contributed by atoms with E-state index in [0.717, 1.165) is 5.56 Å². The van der Waals surface area contributed by atoms with Crippen LogP contribution in [0.3, 0.4) is 0 Å². The summed E-state index contributed by atoms with van der Waals surface area (Å²) in [5.41, 5.74) is 0.696. The van der Waals surface area contributed by atoms with Crippen molar-refractivity contribution in [2.75, 3.05) is 16.4 Å². The maximum Gasteiger partial charge on any atom is 0.408 e. The summed E-state index contributed by atoms with van der Waals surface area (Å²) < 4.78 is 30.0. The van der Waals surface area contributed by atoms with Crippen LogP contribution < -0.4 is 10.2 Å². The van der Waals surface area contributed by atoms with Gasteiger partial charge in [-0.1, -0.05) is 65.8 Å². The second kappa shape index (κ2) is 10.4. The number of aliphatic imine (C=N–C) groups is 1. The minimum absolute atomic E-state index is 0.0000981. The summed E-state index contributed by atoms with van der Waals surface area (Å²) >= 11 is 7.70. The molecule has 1 N–H and O–H groups in total. The van der Waals surface area contributed by atoms with Gasteiger partial charge < -0.3 is 15.0 Å². The van der Waals surface area contributed by atoms with Crippen LogP contribution in [-0.2, 0) is 25.8 Å². The molecule has 36 heavy (non-hydrogen) atoms. The van der Waals surface area contributed by atoms with E-state index in [-0.39, 0.29) is 23.2 Å². The Labute approximate surface area is 220 Å². The van der Waals surface area contributed by atoms with E-state index in [1.165, 1.54) is 11.8 Å². The first kappa shape index (κ1) is 26.5. The van der Waals surface area contributed by atoms with Crippen LogP contribution in [0.15, 0.2) is 59.6 Å². The highest BCUT2D eigenvalue weighted by atomic mass is 35.5. The second-order valence-corrected chi connectivity index (χ2v) is 13.5. The lowest BCUT2D eigenvalue weighted by Crippen LogP contribution is -2.45. The topological polar surface area (TPSA) is 105 Å². The van der Waals surface area contributed by atoms with Crippen LogP contribution in [0.25, 0.3) is 0 Å². The quantitative estimate of drug-likeness (QED) is 0.599. The molecular weight excluding hydrogens is 522 g/mol. The number of halogens is 1. The maximum atomic E-state index is 13.5. The van der Waals surface area contributed by atoms with E-state index in [1.807, 2.05) is 30.3 Å². The summed E-state index contributed by atoms with van der Waals surface area (Å²) in [6.07, 6.45) is -0.504. The van der Waals surface area contributed by atoms with Gasteiger partial charge in [-0.25, -0.2) is 13.2 Å². The van der Waals surface area contributed by atoms with Crippen molar-refractivity contribution < 1.29 is 22.7 Å². The minimum atomic E-state index is -3.22. The number of anilines is 1. The standard InChI is InChI=1S/C25H28ClN3O5S2/c1-25(2,3)34-24(31)27-18(13-16-9-5-4-6-10-16)22(30)28-23-29(19-12-8-7-11-17(19)26)20-14-36(32,33)15-21(20)35-23/h4-12,18,20-21H,13-15H2,1-3H3,(H,27,31)/t18-,20+,21-/m1/s1. The fraction of sp³-hybridized carbons (Fsp3) is 0.400. The van der Waals surface area contributed by atoms with Gasteiger partial charge in [0.05, 0.1) is 28.3 Å². The molecule has 0 bridgehead atoms. The van der Waals surface area contributed by atoms with Crippen molar-refractivity contribution in [3.8, 4) is 0 Å². The van der Waals surface area contributed by atoms with Crippen molar-refractivity contribution in [3.05, 3.63) is 65.2 Å². The molecule has 2 heterocycles. The van der Waals surface area contributed by atoms with Gasteiger partial charge in [-0.05, 0) is 38.5 Å². The van der Waals surface area contributed by atoms with Gasteiger partial charge in [-0.2, -0.15) is 4.99 Å². The van der Waals surface area contributed by atoms with Gasteiger partial charge in [0.15, 0.2) is 15.0 Å². The van der Waals surface area contributed by atoms with E-state index in [1.54, 1.807) is 49.9 Å². The average Bonchev–Trinajstić information content (AvgIpc) is 3.24. The van der Waals surface area contributed by atoms with Gasteiger partial charge in [0.25, 0.3) is 5.91 Å². The first-order chi connectivity index (χ1) is 16.9. The zero-order valence-electron chi connectivity index (χ0n) is 20.2. The second-order valence-electron chi connectivity index (χ2n) is 9.74. The molecule has 0 unspecified atom stereocenters. The molecule has 8 nitrogen and oxygen atoms in total. The number of fused-ring (bicyclic) bond motifs is 1. The monoisotopic (exact) mass is 549 g/mol. The highest BCUT2D eigenvalue weighted by molar-refractivity contribution is 8.16. The van der Waals surface area contributed by atoms with E-state index in [0.29, 0.717) is 15.9 Å². The van der Waals surface area contributed by atoms with Crippen LogP contribution in [0.2, 0.25) is 5.02 Å². The number of hydrogen-bond acceptors (Lipinski definition) is 6. The summed E-state index contributed by atoms with van der Waals surface area (Å²) in [5, 5.41) is 3.17. The number of amides is 2. The molecule has 2 aliphatic heterocycles. The van der Waals surface area contributed by atoms with Gasteiger partial charge in [0.1, 0.15) is 11.6 Å². The fourth-order valence-electron chi connectivity index (χ4n) is 4.17. The lowest BCUT2D eigenvalue weighted by molar-refractivity contribution is -0.119. The largest absolute Gasteiger partial charge is 0.444 e. The number of nitrogens with one attached hydrogen (secondary N) is 1. The molecule has 0 aromatic heterocycles. The molecule has 2 fully saturated rings. The van der Waals surface area contributed by atoms with Crippen LogP contribution in [0.4, 0.5) is 10.5 Å². The van der Waals surface area contributed by atoms with Gasteiger partial charge in [0.2, 0.25) is 0 Å². The number of rotatable bonds is 5. The number of carbonyl (C=O) groups is 2. The van der Waals surface area contributed by atoms with E-state index >= 15 is 0 Å². The lowest BCUT2D eigenvalue weighted by Gasteiger charge is -2.26. The summed E-state index contributed by atoms with van der Waals surface area (Å²) in [6.45, 7) is 5.22. The zero-order chi connectivity index (χ0) is 26.1. The molecule has 2 saturated heterocycles. The Bertz CT molecular complexity index is 1280. The smallest absolute Gasteiger partial charge is 0.408 e. The third-order valence-electron chi connectivity index (χ3n) is 5.66. The van der Waals surface area contributed by atoms with Crippen LogP contribution in [-0.4, -0.2) is 60.0 Å². The van der Waals surface area contributed by atoms with Gasteiger partial charge in [-0.3, -0.25) is 4.79 Å². The molecule has 0 aliphatic carbocycles. The van der Waals surface area contributed by atoms with Crippen molar-refractivity contribution in [1.29, 1.82) is 0 Å². The molecule has 2 aliphatic rings. The predicted molar refractivity (Wildman–Crippen MR) is 143 cm³/mol. The first-order valence-corrected chi connectivity index (χ1v) is 14.6. The van der Waals surface area contributed by atoms with Crippen LogP contribution >= 0.6 is 23.4 Å². The van der Waals surface area contributed by atoms with Gasteiger partial charge in [0, 0.05) is 11.7 Å². The molecular formula is C25H28ClN3O5S2. The Morgan fingerprint density at radius 3 is 2.47 bits per heavy atom. The maximum absolute atomic E-state index is 13.5. The van der Waals surface area contributed by atoms with Crippen molar-refractivity contribution in [1.82, 2.24) is 5.32 Å². The molecule has 11 heteroatoms. The van der Waals surface area contributed by atoms with Crippen molar-refractivity contribution >= 4 is 56.1 Å². The van der Waals surface area contributed by atoms with Crippen molar-refractivity contribution in [2.45, 2.75) is 50.1 Å². The number of ether oxygens (including phenoxy) is 1. The van der Waals surface area contributed by atoms with Crippen molar-refractivity contribution in [2.24, 2.45) is 4.99 Å². The zero-order valence-corrected chi connectivity index (χ0v) is 22.6. The van der Waals surface area contributed by atoms with E-state index in [9.17, 15) is 18.0 Å². The number of thioether (sulfide) groups is 1. The Balaban J connectivity index is 1.66. The van der Waals surface area contributed by atoms with E-state index in [4.69, 9.17) is 16.3 Å². The predicted octanol–water partition coefficient (Wildman–Crippen LogP) is 4.08. The highest BCUT2D eigenvalue weighted by Crippen LogP contribution is 2.43. The first-order valence-electron chi connectivity index (χ1n) is 11.5. The number of amidine groups is 1. The number of para-hydroxylation sites is 1. The molecule has 3 atom stereocenters. The van der Waals surface area contributed by atoms with Crippen molar-refractivity contribution in [3.63, 3.8) is 0 Å². The average molecular weight is 550 g/mol. The summed E-state index contributed by atoms with van der Waals surface area (Å²) in [7, 11) is -3.22. The number of hydrogen-bond donors (Lipinski definition) is 1. The van der Waals surface area contributed by atoms with Crippen LogP contribution in [0.5, 0.6) is 0 Å². The SMILES string of the molecule is CC(C)(C)OC(=O)N[C@H](Cc1ccccc1)C(=O)N=C1S[C@@H]2CS(=O)(=O)C[C@@H]2N1c1ccccc1Cl. The number of nitrogens with zero attached hydrogens (tertiary/aromatic N) is 2. The Kier molecular flexibility index (Phi) is 7.68. The number of benzene rings is 2. The molecule has 2 aromatic rings. The lowest BCUT2D eigenvalue weighted by atomic mass is 10.1. The van der Waals surface area contributed by atoms with Gasteiger partial charge >= 0.3 is 6.09 Å². The molecule has 0 radical (unpaired) electrons. The summed E-state index contributed by atoms with van der Waals surface area (Å²) in [5.74, 6) is -0.612. The Morgan fingerprint density at radius 1 is 1.14 bits per heavy atom. The third-order valence-corrected chi connectivity index (χ3v) is 9.19. The normalized spacial score (nSPS) is 22.8. The number of alkyl carbamates (subject to hydrolysis) is 1. The third kappa shape index (κ3) is 6.41. The fourth-order valence-corrected chi connectivity index (χ4v) is 8.30. The molecule has 4 rings (SSSR count). The summed E-state index contributed by atoms with van der Waals surface area (Å²) in [4.78, 5) is 32.1. The molecule has 0 saturated carbocycles. The van der Waals surface area contributed by atoms with E-state index < -0.39 is 39.5 Å². The van der Waals surface area contributed by atoms with Crippen LogP contribution in [0.1, 0.15) is 26.3 Å². The number of carbonyl (C=O) groups excluding carboxylic acids is 2. The minimum Gasteiger partial charge on any atom is -0.444 e. The van der Waals surface area contributed by atoms with Crippen LogP contribution in [0, 0.1) is 0 Å². The molecule has 0 spiro atoms. The molecule has 192 valence electrons. The van der Waals surface area contributed by atoms with E-state index in [2.05, 4.69) is 10.3 Å². The summed E-state index contributed by atoms with van der Waals surface area (Å²) in [6, 6.07) is 15.0. The number of sulfone groups is 1.